The van der Waals surface area contributed by atoms with Crippen molar-refractivity contribution in [1.82, 2.24) is 0 Å². The Balaban J connectivity index is 4.47. The van der Waals surface area contributed by atoms with Crippen LogP contribution in [-0.2, 0) is 28.6 Å². The molecule has 0 aliphatic carbocycles. The van der Waals surface area contributed by atoms with Crippen LogP contribution in [0.3, 0.4) is 0 Å². The summed E-state index contributed by atoms with van der Waals surface area (Å²) in [5.41, 5.74) is 0. The second-order valence-corrected chi connectivity index (χ2v) is 16.7. The van der Waals surface area contributed by atoms with Gasteiger partial charge in [0.1, 0.15) is 13.2 Å². The van der Waals surface area contributed by atoms with Gasteiger partial charge in [-0.15, -0.1) is 0 Å². The number of esters is 3. The molecule has 0 aromatic heterocycles. The van der Waals surface area contributed by atoms with Crippen molar-refractivity contribution in [1.29, 1.82) is 0 Å². The molecular formula is C57H94O6. The highest BCUT2D eigenvalue weighted by Crippen LogP contribution is 2.13. The molecule has 6 nitrogen and oxygen atoms in total. The van der Waals surface area contributed by atoms with Gasteiger partial charge in [0, 0.05) is 19.3 Å². The van der Waals surface area contributed by atoms with Crippen LogP contribution in [0.25, 0.3) is 0 Å². The zero-order valence-corrected chi connectivity index (χ0v) is 40.8. The van der Waals surface area contributed by atoms with Crippen LogP contribution in [0.5, 0.6) is 0 Å². The van der Waals surface area contributed by atoms with E-state index in [1.807, 2.05) is 0 Å². The van der Waals surface area contributed by atoms with Gasteiger partial charge in [0.2, 0.25) is 0 Å². The van der Waals surface area contributed by atoms with Gasteiger partial charge in [-0.05, 0) is 116 Å². The molecule has 0 amide bonds. The molecule has 0 fully saturated rings. The molecular weight excluding hydrogens is 781 g/mol. The number of rotatable bonds is 45. The van der Waals surface area contributed by atoms with E-state index in [0.717, 1.165) is 135 Å². The third-order valence-electron chi connectivity index (χ3n) is 10.5. The zero-order valence-electron chi connectivity index (χ0n) is 40.8. The molecule has 0 spiro atoms. The summed E-state index contributed by atoms with van der Waals surface area (Å²) in [4.78, 5) is 37.9. The largest absolute Gasteiger partial charge is 0.462 e. The van der Waals surface area contributed by atoms with E-state index in [4.69, 9.17) is 14.2 Å². The first-order valence-corrected chi connectivity index (χ1v) is 25.7. The lowest BCUT2D eigenvalue weighted by atomic mass is 10.1. The third-order valence-corrected chi connectivity index (χ3v) is 10.5. The summed E-state index contributed by atoms with van der Waals surface area (Å²) in [6.07, 6.45) is 66.7. The lowest BCUT2D eigenvalue weighted by molar-refractivity contribution is -0.167. The summed E-state index contributed by atoms with van der Waals surface area (Å²) < 4.78 is 16.7. The Morgan fingerprint density at radius 3 is 1.05 bits per heavy atom. The monoisotopic (exact) mass is 875 g/mol. The molecule has 0 bridgehead atoms. The summed E-state index contributed by atoms with van der Waals surface area (Å²) in [7, 11) is 0. The summed E-state index contributed by atoms with van der Waals surface area (Å²) in [5, 5.41) is 0. The van der Waals surface area contributed by atoms with Gasteiger partial charge in [-0.25, -0.2) is 0 Å². The number of carbonyl (C=O) groups is 3. The first-order valence-electron chi connectivity index (χ1n) is 25.7. The maximum Gasteiger partial charge on any atom is 0.306 e. The van der Waals surface area contributed by atoms with Gasteiger partial charge in [-0.2, -0.15) is 0 Å². The molecule has 0 rings (SSSR count). The average molecular weight is 875 g/mol. The average Bonchev–Trinajstić information content (AvgIpc) is 3.28. The van der Waals surface area contributed by atoms with Crippen molar-refractivity contribution in [3.8, 4) is 0 Å². The molecule has 0 aromatic carbocycles. The Labute approximate surface area is 387 Å². The third kappa shape index (κ3) is 49.2. The van der Waals surface area contributed by atoms with E-state index in [1.54, 1.807) is 0 Å². The van der Waals surface area contributed by atoms with E-state index >= 15 is 0 Å². The molecule has 0 unspecified atom stereocenters. The quantitative estimate of drug-likeness (QED) is 0.0262. The molecule has 0 heterocycles. The van der Waals surface area contributed by atoms with Gasteiger partial charge >= 0.3 is 17.9 Å². The predicted octanol–water partition coefficient (Wildman–Crippen LogP) is 17.0. The SMILES string of the molecule is CC/C=C\C/C=C\C/C=C\CCCCCCCC(=O)O[C@H](COC(=O)CCCCC/C=C\C/C=C\C/C=C\C/C=C\CCCCC)COC(=O)CCCCCCC/C=C\CCCC. The van der Waals surface area contributed by atoms with Gasteiger partial charge in [0.05, 0.1) is 0 Å². The van der Waals surface area contributed by atoms with Crippen molar-refractivity contribution >= 4 is 17.9 Å². The lowest BCUT2D eigenvalue weighted by Crippen LogP contribution is -2.30. The first kappa shape index (κ1) is 59.3. The van der Waals surface area contributed by atoms with E-state index in [-0.39, 0.29) is 31.1 Å². The molecule has 0 saturated carbocycles. The van der Waals surface area contributed by atoms with Crippen LogP contribution in [0.4, 0.5) is 0 Å². The Hall–Kier alpha value is -3.67. The van der Waals surface area contributed by atoms with Gasteiger partial charge in [0.15, 0.2) is 6.10 Å². The van der Waals surface area contributed by atoms with Gasteiger partial charge in [0.25, 0.3) is 0 Å². The highest BCUT2D eigenvalue weighted by atomic mass is 16.6. The van der Waals surface area contributed by atoms with Crippen LogP contribution < -0.4 is 0 Å². The molecule has 0 saturated heterocycles. The smallest absolute Gasteiger partial charge is 0.306 e. The topological polar surface area (TPSA) is 78.9 Å². The molecule has 0 aliphatic heterocycles. The van der Waals surface area contributed by atoms with Crippen molar-refractivity contribution in [2.24, 2.45) is 0 Å². The molecule has 0 radical (unpaired) electrons. The Kier molecular flexibility index (Phi) is 48.0. The number of hydrogen-bond donors (Lipinski definition) is 0. The Morgan fingerprint density at radius 2 is 0.635 bits per heavy atom. The van der Waals surface area contributed by atoms with Gasteiger partial charge in [-0.3, -0.25) is 14.4 Å². The number of allylic oxidation sites excluding steroid dienone is 16. The van der Waals surface area contributed by atoms with E-state index in [1.165, 1.54) is 51.4 Å². The number of unbranched alkanes of at least 4 members (excludes halogenated alkanes) is 18. The maximum atomic E-state index is 12.8. The van der Waals surface area contributed by atoms with Crippen molar-refractivity contribution in [3.63, 3.8) is 0 Å². The molecule has 1 atom stereocenters. The van der Waals surface area contributed by atoms with Crippen LogP contribution in [0, 0.1) is 0 Å². The minimum atomic E-state index is -0.803. The fraction of sp³-hybridized carbons (Fsp3) is 0.667. The van der Waals surface area contributed by atoms with Crippen LogP contribution in [-0.4, -0.2) is 37.2 Å². The molecule has 0 aliphatic rings. The van der Waals surface area contributed by atoms with E-state index in [2.05, 4.69) is 118 Å². The van der Waals surface area contributed by atoms with Crippen molar-refractivity contribution < 1.29 is 28.6 Å². The molecule has 0 aromatic rings. The predicted molar refractivity (Wildman–Crippen MR) is 270 cm³/mol. The van der Waals surface area contributed by atoms with Crippen LogP contribution in [0.1, 0.15) is 226 Å². The van der Waals surface area contributed by atoms with Crippen molar-refractivity contribution in [2.45, 2.75) is 232 Å². The fourth-order valence-electron chi connectivity index (χ4n) is 6.65. The molecule has 0 N–H and O–H groups in total. The second kappa shape index (κ2) is 51.0. The van der Waals surface area contributed by atoms with Crippen LogP contribution in [0.15, 0.2) is 97.2 Å². The summed E-state index contributed by atoms with van der Waals surface area (Å²) in [6, 6.07) is 0. The lowest BCUT2D eigenvalue weighted by Gasteiger charge is -2.18. The van der Waals surface area contributed by atoms with Crippen LogP contribution in [0.2, 0.25) is 0 Å². The normalized spacial score (nSPS) is 12.9. The van der Waals surface area contributed by atoms with E-state index in [9.17, 15) is 14.4 Å². The fourth-order valence-corrected chi connectivity index (χ4v) is 6.65. The van der Waals surface area contributed by atoms with Crippen molar-refractivity contribution in [3.05, 3.63) is 97.2 Å². The maximum absolute atomic E-state index is 12.8. The standard InChI is InChI=1S/C57H94O6/c1-4-7-10-13-16-19-22-24-26-27-28-29-31-32-35-38-41-44-47-50-56(59)62-53-54(52-61-55(58)49-46-43-40-37-34-21-18-15-12-9-6-3)63-57(60)51-48-45-42-39-36-33-30-25-23-20-17-14-11-8-5-2/h8,11,15-20,24-26,28-30,32,35,54H,4-7,9-10,12-14,21-23,27,31,33-34,36-53H2,1-3H3/b11-8-,18-15-,19-16-,20-17-,26-24-,29-28-,30-25-,35-32-/t54-/m0/s1. The summed E-state index contributed by atoms with van der Waals surface area (Å²) >= 11 is 0. The number of hydrogen-bond acceptors (Lipinski definition) is 6. The molecule has 63 heavy (non-hydrogen) atoms. The second-order valence-electron chi connectivity index (χ2n) is 16.7. The van der Waals surface area contributed by atoms with Crippen LogP contribution >= 0.6 is 0 Å². The van der Waals surface area contributed by atoms with E-state index < -0.39 is 6.10 Å². The summed E-state index contributed by atoms with van der Waals surface area (Å²) in [5.74, 6) is -0.963. The summed E-state index contributed by atoms with van der Waals surface area (Å²) in [6.45, 7) is 6.40. The number of ether oxygens (including phenoxy) is 3. The minimum absolute atomic E-state index is 0.101. The number of carbonyl (C=O) groups excluding carboxylic acids is 3. The zero-order chi connectivity index (χ0) is 45.8. The highest BCUT2D eigenvalue weighted by Gasteiger charge is 2.19. The van der Waals surface area contributed by atoms with Gasteiger partial charge in [-0.1, -0.05) is 189 Å². The first-order chi connectivity index (χ1) is 31.0. The Bertz CT molecular complexity index is 1280. The molecule has 6 heteroatoms. The Morgan fingerprint density at radius 1 is 0.333 bits per heavy atom. The van der Waals surface area contributed by atoms with E-state index in [0.29, 0.717) is 19.3 Å². The molecule has 358 valence electrons. The minimum Gasteiger partial charge on any atom is -0.462 e. The van der Waals surface area contributed by atoms with Crippen molar-refractivity contribution in [2.75, 3.05) is 13.2 Å². The van der Waals surface area contributed by atoms with Gasteiger partial charge < -0.3 is 14.2 Å². The highest BCUT2D eigenvalue weighted by molar-refractivity contribution is 5.71.